The molecule has 2 heterocycles. The number of likely N-dealkylation sites (tertiary alicyclic amines) is 1. The molecule has 1 saturated carbocycles. The standard InChI is InChI=1S/C13H24N2/c1-10(13(2)5-6-13)15-7-3-4-11-8-14-9-12(11)15/h10-12,14H,3-9H2,1-2H3. The first kappa shape index (κ1) is 10.1. The van der Waals surface area contributed by atoms with Crippen LogP contribution in [0.4, 0.5) is 0 Å². The molecule has 15 heavy (non-hydrogen) atoms. The molecule has 0 bridgehead atoms. The zero-order chi connectivity index (χ0) is 10.5. The van der Waals surface area contributed by atoms with Crippen LogP contribution in [-0.4, -0.2) is 36.6 Å². The number of hydrogen-bond donors (Lipinski definition) is 1. The monoisotopic (exact) mass is 208 g/mol. The van der Waals surface area contributed by atoms with Crippen molar-refractivity contribution in [1.82, 2.24) is 10.2 Å². The average molecular weight is 208 g/mol. The Bertz CT molecular complexity index is 245. The van der Waals surface area contributed by atoms with Gasteiger partial charge < -0.3 is 5.32 Å². The highest BCUT2D eigenvalue weighted by Crippen LogP contribution is 2.51. The van der Waals surface area contributed by atoms with Crippen molar-refractivity contribution in [1.29, 1.82) is 0 Å². The van der Waals surface area contributed by atoms with Gasteiger partial charge in [-0.2, -0.15) is 0 Å². The van der Waals surface area contributed by atoms with Crippen LogP contribution < -0.4 is 5.32 Å². The SMILES string of the molecule is CC(N1CCCC2CNCC21)C1(C)CC1. The Morgan fingerprint density at radius 1 is 1.33 bits per heavy atom. The van der Waals surface area contributed by atoms with Crippen molar-refractivity contribution in [3.8, 4) is 0 Å². The van der Waals surface area contributed by atoms with Crippen LogP contribution in [0.15, 0.2) is 0 Å². The maximum absolute atomic E-state index is 3.58. The van der Waals surface area contributed by atoms with Gasteiger partial charge in [-0.1, -0.05) is 6.92 Å². The lowest BCUT2D eigenvalue weighted by Gasteiger charge is -2.43. The molecular weight excluding hydrogens is 184 g/mol. The summed E-state index contributed by atoms with van der Waals surface area (Å²) in [6.45, 7) is 8.80. The molecule has 3 rings (SSSR count). The van der Waals surface area contributed by atoms with Crippen LogP contribution >= 0.6 is 0 Å². The van der Waals surface area contributed by atoms with Crippen LogP contribution in [0.2, 0.25) is 0 Å². The van der Waals surface area contributed by atoms with Gasteiger partial charge in [0.25, 0.3) is 0 Å². The second kappa shape index (κ2) is 3.46. The van der Waals surface area contributed by atoms with Crippen LogP contribution in [-0.2, 0) is 0 Å². The Morgan fingerprint density at radius 2 is 2.13 bits per heavy atom. The Labute approximate surface area is 93.4 Å². The lowest BCUT2D eigenvalue weighted by Crippen LogP contribution is -2.51. The lowest BCUT2D eigenvalue weighted by molar-refractivity contribution is 0.0531. The van der Waals surface area contributed by atoms with E-state index in [2.05, 4.69) is 24.1 Å². The second-order valence-electron chi connectivity index (χ2n) is 6.20. The Balaban J connectivity index is 1.73. The van der Waals surface area contributed by atoms with Crippen LogP contribution in [0, 0.1) is 11.3 Å². The summed E-state index contributed by atoms with van der Waals surface area (Å²) in [6.07, 6.45) is 5.78. The largest absolute Gasteiger partial charge is 0.315 e. The minimum Gasteiger partial charge on any atom is -0.315 e. The molecule has 3 fully saturated rings. The quantitative estimate of drug-likeness (QED) is 0.745. The van der Waals surface area contributed by atoms with Gasteiger partial charge in [0.05, 0.1) is 0 Å². The van der Waals surface area contributed by atoms with Crippen LogP contribution in [0.25, 0.3) is 0 Å². The van der Waals surface area contributed by atoms with E-state index >= 15 is 0 Å². The molecule has 2 saturated heterocycles. The maximum atomic E-state index is 3.58. The molecule has 2 heteroatoms. The van der Waals surface area contributed by atoms with Gasteiger partial charge in [0.1, 0.15) is 0 Å². The van der Waals surface area contributed by atoms with Crippen LogP contribution in [0.1, 0.15) is 39.5 Å². The molecule has 1 N–H and O–H groups in total. The van der Waals surface area contributed by atoms with Crippen molar-refractivity contribution in [2.75, 3.05) is 19.6 Å². The summed E-state index contributed by atoms with van der Waals surface area (Å²) in [7, 11) is 0. The minimum atomic E-state index is 0.657. The van der Waals surface area contributed by atoms with Gasteiger partial charge in [-0.15, -0.1) is 0 Å². The Morgan fingerprint density at radius 3 is 2.87 bits per heavy atom. The number of hydrogen-bond acceptors (Lipinski definition) is 2. The first-order chi connectivity index (χ1) is 7.21. The third-order valence-corrected chi connectivity index (χ3v) is 5.27. The van der Waals surface area contributed by atoms with Gasteiger partial charge in [0.15, 0.2) is 0 Å². The van der Waals surface area contributed by atoms with Gasteiger partial charge in [0, 0.05) is 18.6 Å². The van der Waals surface area contributed by atoms with E-state index in [1.165, 1.54) is 45.3 Å². The fraction of sp³-hybridized carbons (Fsp3) is 1.00. The van der Waals surface area contributed by atoms with E-state index in [1.807, 2.05) is 0 Å². The lowest BCUT2D eigenvalue weighted by atomic mass is 9.88. The van der Waals surface area contributed by atoms with Crippen molar-refractivity contribution in [2.45, 2.75) is 51.6 Å². The van der Waals surface area contributed by atoms with Crippen molar-refractivity contribution >= 4 is 0 Å². The molecule has 2 nitrogen and oxygen atoms in total. The Kier molecular flexibility index (Phi) is 2.33. The topological polar surface area (TPSA) is 15.3 Å². The van der Waals surface area contributed by atoms with Crippen LogP contribution in [0.3, 0.4) is 0 Å². The summed E-state index contributed by atoms with van der Waals surface area (Å²) in [5, 5.41) is 3.58. The van der Waals surface area contributed by atoms with E-state index in [0.29, 0.717) is 5.41 Å². The van der Waals surface area contributed by atoms with Gasteiger partial charge >= 0.3 is 0 Å². The number of piperidine rings is 1. The zero-order valence-corrected chi connectivity index (χ0v) is 10.1. The molecule has 86 valence electrons. The second-order valence-corrected chi connectivity index (χ2v) is 6.20. The zero-order valence-electron chi connectivity index (χ0n) is 10.1. The number of fused-ring (bicyclic) bond motifs is 1. The maximum Gasteiger partial charge on any atom is 0.0264 e. The van der Waals surface area contributed by atoms with E-state index in [0.717, 1.165) is 18.0 Å². The predicted octanol–water partition coefficient (Wildman–Crippen LogP) is 1.86. The predicted molar refractivity (Wildman–Crippen MR) is 62.9 cm³/mol. The molecule has 3 unspecified atom stereocenters. The van der Waals surface area contributed by atoms with Gasteiger partial charge in [0.2, 0.25) is 0 Å². The number of nitrogens with zero attached hydrogens (tertiary/aromatic N) is 1. The molecule has 2 aliphatic heterocycles. The van der Waals surface area contributed by atoms with E-state index in [1.54, 1.807) is 0 Å². The molecule has 0 amide bonds. The summed E-state index contributed by atoms with van der Waals surface area (Å²) in [4.78, 5) is 2.82. The van der Waals surface area contributed by atoms with E-state index in [4.69, 9.17) is 0 Å². The fourth-order valence-corrected chi connectivity index (χ4v) is 3.60. The molecule has 0 aromatic carbocycles. The summed E-state index contributed by atoms with van der Waals surface area (Å²) < 4.78 is 0. The molecule has 0 aromatic heterocycles. The summed E-state index contributed by atoms with van der Waals surface area (Å²) in [5.74, 6) is 0.948. The summed E-state index contributed by atoms with van der Waals surface area (Å²) in [5.41, 5.74) is 0.657. The average Bonchev–Trinajstić information content (AvgIpc) is 2.82. The smallest absolute Gasteiger partial charge is 0.0264 e. The fourth-order valence-electron chi connectivity index (χ4n) is 3.60. The van der Waals surface area contributed by atoms with Gasteiger partial charge in [-0.25, -0.2) is 0 Å². The van der Waals surface area contributed by atoms with Gasteiger partial charge in [-0.05, 0) is 57.0 Å². The van der Waals surface area contributed by atoms with E-state index < -0.39 is 0 Å². The molecule has 3 atom stereocenters. The third-order valence-electron chi connectivity index (χ3n) is 5.27. The van der Waals surface area contributed by atoms with E-state index in [-0.39, 0.29) is 0 Å². The molecule has 3 aliphatic rings. The Hall–Kier alpha value is -0.0800. The minimum absolute atomic E-state index is 0.657. The first-order valence-electron chi connectivity index (χ1n) is 6.67. The number of nitrogens with one attached hydrogen (secondary N) is 1. The highest BCUT2D eigenvalue weighted by Gasteiger charge is 2.48. The molecule has 0 radical (unpaired) electrons. The molecular formula is C13H24N2. The van der Waals surface area contributed by atoms with Crippen LogP contribution in [0.5, 0.6) is 0 Å². The molecule has 1 aliphatic carbocycles. The number of rotatable bonds is 2. The van der Waals surface area contributed by atoms with Crippen molar-refractivity contribution in [3.05, 3.63) is 0 Å². The van der Waals surface area contributed by atoms with Crippen molar-refractivity contribution in [3.63, 3.8) is 0 Å². The summed E-state index contributed by atoms with van der Waals surface area (Å²) >= 11 is 0. The van der Waals surface area contributed by atoms with Crippen molar-refractivity contribution in [2.24, 2.45) is 11.3 Å². The van der Waals surface area contributed by atoms with E-state index in [9.17, 15) is 0 Å². The highest BCUT2D eigenvalue weighted by molar-refractivity contribution is 5.02. The third kappa shape index (κ3) is 1.62. The molecule has 0 spiro atoms. The van der Waals surface area contributed by atoms with Gasteiger partial charge in [-0.3, -0.25) is 4.90 Å². The normalized spacial score (nSPS) is 41.2. The molecule has 0 aromatic rings. The van der Waals surface area contributed by atoms with Crippen molar-refractivity contribution < 1.29 is 0 Å². The highest BCUT2D eigenvalue weighted by atomic mass is 15.2. The summed E-state index contributed by atoms with van der Waals surface area (Å²) in [6, 6.07) is 1.66. The first-order valence-corrected chi connectivity index (χ1v) is 6.67.